The first kappa shape index (κ1) is 11.1. The number of hydrogen-bond donors (Lipinski definition) is 1. The van der Waals surface area contributed by atoms with Crippen molar-refractivity contribution in [3.63, 3.8) is 0 Å². The first-order valence-corrected chi connectivity index (χ1v) is 6.85. The first-order valence-electron chi connectivity index (χ1n) is 6.85. The molecule has 1 N–H and O–H groups in total. The minimum absolute atomic E-state index is 0.282. The largest absolute Gasteiger partial charge is 0.481 e. The highest BCUT2D eigenvalue weighted by molar-refractivity contribution is 5.71. The van der Waals surface area contributed by atoms with Gasteiger partial charge in [0, 0.05) is 6.42 Å². The van der Waals surface area contributed by atoms with Gasteiger partial charge in [0.15, 0.2) is 0 Å². The number of carbonyl (C=O) groups is 1. The van der Waals surface area contributed by atoms with E-state index >= 15 is 0 Å². The van der Waals surface area contributed by atoms with Crippen LogP contribution in [0.5, 0.6) is 0 Å². The standard InChI is InChI=1S/C15H20O2/c1-2-3-13(15(16)17)14-11-5-9-4-10(7-11)8-12(14)6-9/h1,9-14H,3-8H2,(H,16,17). The molecule has 2 heteroatoms. The summed E-state index contributed by atoms with van der Waals surface area (Å²) in [4.78, 5) is 11.4. The predicted molar refractivity (Wildman–Crippen MR) is 65.1 cm³/mol. The smallest absolute Gasteiger partial charge is 0.307 e. The average Bonchev–Trinajstić information content (AvgIpc) is 2.26. The van der Waals surface area contributed by atoms with Gasteiger partial charge < -0.3 is 5.11 Å². The SMILES string of the molecule is C#CCC(C(=O)O)C1C2CC3CC(C2)CC1C3. The van der Waals surface area contributed by atoms with E-state index in [2.05, 4.69) is 5.92 Å². The van der Waals surface area contributed by atoms with Crippen LogP contribution in [0.1, 0.15) is 38.5 Å². The van der Waals surface area contributed by atoms with E-state index in [1.54, 1.807) is 0 Å². The third kappa shape index (κ3) is 1.76. The van der Waals surface area contributed by atoms with Crippen LogP contribution in [0.4, 0.5) is 0 Å². The molecule has 0 radical (unpaired) electrons. The van der Waals surface area contributed by atoms with Gasteiger partial charge in [-0.15, -0.1) is 12.3 Å². The minimum Gasteiger partial charge on any atom is -0.481 e. The molecule has 0 aromatic heterocycles. The topological polar surface area (TPSA) is 37.3 Å². The fourth-order valence-corrected chi connectivity index (χ4v) is 5.14. The first-order chi connectivity index (χ1) is 8.19. The van der Waals surface area contributed by atoms with Gasteiger partial charge >= 0.3 is 5.97 Å². The molecule has 0 spiro atoms. The number of carboxylic acids is 1. The maximum atomic E-state index is 11.4. The molecule has 92 valence electrons. The molecular weight excluding hydrogens is 212 g/mol. The summed E-state index contributed by atoms with van der Waals surface area (Å²) in [6.45, 7) is 0. The summed E-state index contributed by atoms with van der Waals surface area (Å²) in [6, 6.07) is 0. The zero-order valence-corrected chi connectivity index (χ0v) is 10.1. The molecule has 1 unspecified atom stereocenters. The predicted octanol–water partition coefficient (Wildman–Crippen LogP) is 2.78. The van der Waals surface area contributed by atoms with Crippen LogP contribution in [0, 0.1) is 47.9 Å². The van der Waals surface area contributed by atoms with Gasteiger partial charge in [0.05, 0.1) is 5.92 Å². The van der Waals surface area contributed by atoms with E-state index < -0.39 is 5.97 Å². The summed E-state index contributed by atoms with van der Waals surface area (Å²) >= 11 is 0. The van der Waals surface area contributed by atoms with Gasteiger partial charge in [-0.25, -0.2) is 0 Å². The van der Waals surface area contributed by atoms with Gasteiger partial charge in [-0.1, -0.05) is 0 Å². The number of aliphatic carboxylic acids is 1. The van der Waals surface area contributed by atoms with Crippen molar-refractivity contribution >= 4 is 5.97 Å². The van der Waals surface area contributed by atoms with Crippen LogP contribution in [-0.4, -0.2) is 11.1 Å². The normalized spacial score (nSPS) is 44.3. The summed E-state index contributed by atoms with van der Waals surface area (Å²) in [5, 5.41) is 9.39. The summed E-state index contributed by atoms with van der Waals surface area (Å²) in [5.74, 6) is 5.10. The number of rotatable bonds is 3. The zero-order valence-electron chi connectivity index (χ0n) is 10.1. The molecule has 0 heterocycles. The summed E-state index contributed by atoms with van der Waals surface area (Å²) in [7, 11) is 0. The molecule has 0 aromatic rings. The quantitative estimate of drug-likeness (QED) is 0.760. The van der Waals surface area contributed by atoms with Gasteiger partial charge in [0.25, 0.3) is 0 Å². The van der Waals surface area contributed by atoms with Crippen LogP contribution in [-0.2, 0) is 4.79 Å². The zero-order chi connectivity index (χ0) is 12.0. The second-order valence-corrected chi connectivity index (χ2v) is 6.36. The van der Waals surface area contributed by atoms with Gasteiger partial charge in [0.2, 0.25) is 0 Å². The lowest BCUT2D eigenvalue weighted by atomic mass is 9.49. The number of hydrogen-bond acceptors (Lipinski definition) is 1. The van der Waals surface area contributed by atoms with Crippen molar-refractivity contribution in [3.05, 3.63) is 0 Å². The Labute approximate surface area is 103 Å². The van der Waals surface area contributed by atoms with E-state index in [0.29, 0.717) is 24.2 Å². The van der Waals surface area contributed by atoms with Gasteiger partial charge in [0.1, 0.15) is 0 Å². The van der Waals surface area contributed by atoms with Crippen LogP contribution in [0.25, 0.3) is 0 Å². The third-order valence-corrected chi connectivity index (χ3v) is 5.42. The number of carboxylic acid groups (broad SMARTS) is 1. The fraction of sp³-hybridized carbons (Fsp3) is 0.800. The highest BCUT2D eigenvalue weighted by Crippen LogP contribution is 2.58. The molecule has 4 fully saturated rings. The van der Waals surface area contributed by atoms with E-state index in [0.717, 1.165) is 11.8 Å². The van der Waals surface area contributed by atoms with E-state index in [4.69, 9.17) is 6.42 Å². The van der Waals surface area contributed by atoms with Crippen molar-refractivity contribution in [2.75, 3.05) is 0 Å². The molecule has 4 aliphatic rings. The van der Waals surface area contributed by atoms with E-state index in [1.165, 1.54) is 32.1 Å². The van der Waals surface area contributed by atoms with E-state index in [9.17, 15) is 9.90 Å². The lowest BCUT2D eigenvalue weighted by Gasteiger charge is -2.55. The Kier molecular flexibility index (Phi) is 2.65. The second kappa shape index (κ2) is 4.05. The molecule has 0 aromatic carbocycles. The molecule has 4 saturated carbocycles. The summed E-state index contributed by atoms with van der Waals surface area (Å²) < 4.78 is 0. The van der Waals surface area contributed by atoms with Crippen LogP contribution >= 0.6 is 0 Å². The van der Waals surface area contributed by atoms with Crippen LogP contribution in [0.3, 0.4) is 0 Å². The molecule has 0 aliphatic heterocycles. The van der Waals surface area contributed by atoms with Gasteiger partial charge in [-0.3, -0.25) is 4.79 Å². The lowest BCUT2D eigenvalue weighted by Crippen LogP contribution is -2.49. The number of terminal acetylenes is 1. The maximum absolute atomic E-state index is 11.4. The van der Waals surface area contributed by atoms with Gasteiger partial charge in [-0.2, -0.15) is 0 Å². The van der Waals surface area contributed by atoms with Crippen molar-refractivity contribution in [2.24, 2.45) is 35.5 Å². The Balaban J connectivity index is 1.83. The van der Waals surface area contributed by atoms with Crippen molar-refractivity contribution in [2.45, 2.75) is 38.5 Å². The van der Waals surface area contributed by atoms with E-state index in [1.807, 2.05) is 0 Å². The Bertz CT molecular complexity index is 338. The molecule has 4 rings (SSSR count). The average molecular weight is 232 g/mol. The fourth-order valence-electron chi connectivity index (χ4n) is 5.14. The molecule has 4 aliphatic carbocycles. The highest BCUT2D eigenvalue weighted by Gasteiger charge is 2.51. The van der Waals surface area contributed by atoms with Crippen LogP contribution < -0.4 is 0 Å². The maximum Gasteiger partial charge on any atom is 0.307 e. The summed E-state index contributed by atoms with van der Waals surface area (Å²) in [5.41, 5.74) is 0. The Hall–Kier alpha value is -0.970. The second-order valence-electron chi connectivity index (χ2n) is 6.36. The van der Waals surface area contributed by atoms with Gasteiger partial charge in [-0.05, 0) is 61.7 Å². The third-order valence-electron chi connectivity index (χ3n) is 5.42. The lowest BCUT2D eigenvalue weighted by molar-refractivity contribution is -0.151. The monoisotopic (exact) mass is 232 g/mol. The van der Waals surface area contributed by atoms with Crippen molar-refractivity contribution in [3.8, 4) is 12.3 Å². The highest BCUT2D eigenvalue weighted by atomic mass is 16.4. The van der Waals surface area contributed by atoms with Crippen molar-refractivity contribution in [1.82, 2.24) is 0 Å². The van der Waals surface area contributed by atoms with E-state index in [-0.39, 0.29) is 5.92 Å². The Morgan fingerprint density at radius 2 is 1.71 bits per heavy atom. The van der Waals surface area contributed by atoms with Crippen molar-refractivity contribution in [1.29, 1.82) is 0 Å². The van der Waals surface area contributed by atoms with Crippen LogP contribution in [0.15, 0.2) is 0 Å². The Morgan fingerprint density at radius 1 is 1.18 bits per heavy atom. The molecule has 2 nitrogen and oxygen atoms in total. The minimum atomic E-state index is -0.666. The van der Waals surface area contributed by atoms with Crippen molar-refractivity contribution < 1.29 is 9.90 Å². The molecule has 0 saturated heterocycles. The summed E-state index contributed by atoms with van der Waals surface area (Å²) in [6.07, 6.45) is 12.3. The molecule has 17 heavy (non-hydrogen) atoms. The molecule has 0 amide bonds. The Morgan fingerprint density at radius 3 is 2.12 bits per heavy atom. The molecule has 4 bridgehead atoms. The molecular formula is C15H20O2. The molecule has 1 atom stereocenters. The van der Waals surface area contributed by atoms with Crippen LogP contribution in [0.2, 0.25) is 0 Å².